The number of aliphatic carboxylic acids is 1. The summed E-state index contributed by atoms with van der Waals surface area (Å²) in [5, 5.41) is 11.3. The van der Waals surface area contributed by atoms with Crippen LogP contribution in [0.15, 0.2) is 23.6 Å². The predicted octanol–water partition coefficient (Wildman–Crippen LogP) is 3.29. The average molecular weight is 375 g/mol. The zero-order valence-electron chi connectivity index (χ0n) is 14.9. The standard InChI is InChI=1S/C19H21NO5S/c1-11-5-7-26-18(11)19(23)20-6-4-12-8-15(24-2)16(25-3)9-13(12)14(20)10-17(21)22/h5,7-9,14H,4,6,10H2,1-3H3,(H,21,22). The Kier molecular flexibility index (Phi) is 5.18. The van der Waals surface area contributed by atoms with E-state index in [1.807, 2.05) is 24.4 Å². The van der Waals surface area contributed by atoms with Gasteiger partial charge in [0.05, 0.1) is 31.6 Å². The van der Waals surface area contributed by atoms with Crippen molar-refractivity contribution in [2.75, 3.05) is 20.8 Å². The molecule has 1 aliphatic rings. The average Bonchev–Trinajstić information content (AvgIpc) is 3.05. The SMILES string of the molecule is COc1cc2c(cc1OC)C(CC(=O)O)N(C(=O)c1sccc1C)CC2. The van der Waals surface area contributed by atoms with Crippen molar-refractivity contribution in [1.29, 1.82) is 0 Å². The van der Waals surface area contributed by atoms with E-state index in [2.05, 4.69) is 0 Å². The Morgan fingerprint density at radius 1 is 1.27 bits per heavy atom. The lowest BCUT2D eigenvalue weighted by Crippen LogP contribution is -2.41. The first-order chi connectivity index (χ1) is 12.5. The number of hydrogen-bond donors (Lipinski definition) is 1. The molecule has 1 atom stereocenters. The molecule has 0 radical (unpaired) electrons. The summed E-state index contributed by atoms with van der Waals surface area (Å²) in [6, 6.07) is 5.03. The minimum absolute atomic E-state index is 0.121. The van der Waals surface area contributed by atoms with Crippen LogP contribution in [0.25, 0.3) is 0 Å². The molecule has 1 aromatic heterocycles. The Labute approximate surface area is 156 Å². The highest BCUT2D eigenvalue weighted by Crippen LogP contribution is 2.40. The smallest absolute Gasteiger partial charge is 0.305 e. The number of ether oxygens (including phenoxy) is 2. The van der Waals surface area contributed by atoms with Gasteiger partial charge in [-0.25, -0.2) is 0 Å². The van der Waals surface area contributed by atoms with Crippen LogP contribution in [0.4, 0.5) is 0 Å². The van der Waals surface area contributed by atoms with Gasteiger partial charge in [-0.2, -0.15) is 0 Å². The van der Waals surface area contributed by atoms with Crippen LogP contribution in [-0.2, 0) is 11.2 Å². The van der Waals surface area contributed by atoms with Gasteiger partial charge in [0.2, 0.25) is 0 Å². The maximum atomic E-state index is 13.0. The van der Waals surface area contributed by atoms with Crippen molar-refractivity contribution in [3.8, 4) is 11.5 Å². The van der Waals surface area contributed by atoms with Gasteiger partial charge in [0.1, 0.15) is 0 Å². The molecular formula is C19H21NO5S. The summed E-state index contributed by atoms with van der Waals surface area (Å²) in [7, 11) is 3.11. The van der Waals surface area contributed by atoms with Crippen molar-refractivity contribution in [3.63, 3.8) is 0 Å². The molecule has 6 nitrogen and oxygen atoms in total. The number of benzene rings is 1. The summed E-state index contributed by atoms with van der Waals surface area (Å²) in [6.45, 7) is 2.36. The molecule has 0 saturated heterocycles. The first kappa shape index (κ1) is 18.3. The maximum absolute atomic E-state index is 13.0. The predicted molar refractivity (Wildman–Crippen MR) is 98.3 cm³/mol. The number of carbonyl (C=O) groups is 2. The first-order valence-electron chi connectivity index (χ1n) is 8.28. The minimum Gasteiger partial charge on any atom is -0.493 e. The van der Waals surface area contributed by atoms with Crippen molar-refractivity contribution >= 4 is 23.2 Å². The van der Waals surface area contributed by atoms with Crippen molar-refractivity contribution in [2.45, 2.75) is 25.8 Å². The Hall–Kier alpha value is -2.54. The molecule has 0 aliphatic carbocycles. The van der Waals surface area contributed by atoms with Crippen molar-refractivity contribution in [3.05, 3.63) is 45.1 Å². The molecule has 0 saturated carbocycles. The van der Waals surface area contributed by atoms with Gasteiger partial charge in [0, 0.05) is 6.54 Å². The number of rotatable bonds is 5. The topological polar surface area (TPSA) is 76.1 Å². The Morgan fingerprint density at radius 2 is 1.96 bits per heavy atom. The van der Waals surface area contributed by atoms with Gasteiger partial charge in [-0.3, -0.25) is 9.59 Å². The molecule has 2 heterocycles. The Balaban J connectivity index is 2.05. The highest BCUT2D eigenvalue weighted by atomic mass is 32.1. The zero-order valence-corrected chi connectivity index (χ0v) is 15.8. The Bertz CT molecular complexity index is 844. The number of thiophene rings is 1. The molecule has 1 N–H and O–H groups in total. The third kappa shape index (κ3) is 3.26. The fourth-order valence-corrected chi connectivity index (χ4v) is 4.26. The van der Waals surface area contributed by atoms with E-state index in [9.17, 15) is 14.7 Å². The number of carboxylic acid groups (broad SMARTS) is 1. The normalized spacial score (nSPS) is 16.1. The summed E-state index contributed by atoms with van der Waals surface area (Å²) < 4.78 is 10.7. The second-order valence-corrected chi connectivity index (χ2v) is 7.12. The van der Waals surface area contributed by atoms with E-state index in [0.29, 0.717) is 29.3 Å². The molecule has 1 amide bonds. The van der Waals surface area contributed by atoms with Gasteiger partial charge < -0.3 is 19.5 Å². The third-order valence-corrected chi connectivity index (χ3v) is 5.69. The van der Waals surface area contributed by atoms with Crippen LogP contribution < -0.4 is 9.47 Å². The summed E-state index contributed by atoms with van der Waals surface area (Å²) in [6.07, 6.45) is 0.487. The summed E-state index contributed by atoms with van der Waals surface area (Å²) in [4.78, 5) is 26.9. The van der Waals surface area contributed by atoms with Crippen LogP contribution in [-0.4, -0.2) is 42.6 Å². The van der Waals surface area contributed by atoms with Crippen LogP contribution in [0.1, 0.15) is 38.8 Å². The molecule has 3 rings (SSSR count). The number of nitrogens with zero attached hydrogens (tertiary/aromatic N) is 1. The van der Waals surface area contributed by atoms with E-state index >= 15 is 0 Å². The highest BCUT2D eigenvalue weighted by molar-refractivity contribution is 7.12. The molecule has 2 aromatic rings. The van der Waals surface area contributed by atoms with Gasteiger partial charge in [0.15, 0.2) is 11.5 Å². The molecule has 7 heteroatoms. The number of hydrogen-bond acceptors (Lipinski definition) is 5. The molecule has 0 spiro atoms. The van der Waals surface area contributed by atoms with Gasteiger partial charge in [-0.15, -0.1) is 11.3 Å². The van der Waals surface area contributed by atoms with Gasteiger partial charge in [0.25, 0.3) is 5.91 Å². The molecule has 1 unspecified atom stereocenters. The molecule has 1 aliphatic heterocycles. The number of carboxylic acids is 1. The third-order valence-electron chi connectivity index (χ3n) is 4.69. The van der Waals surface area contributed by atoms with E-state index in [-0.39, 0.29) is 12.3 Å². The lowest BCUT2D eigenvalue weighted by Gasteiger charge is -2.37. The number of aryl methyl sites for hydroxylation is 1. The van der Waals surface area contributed by atoms with E-state index in [1.165, 1.54) is 18.4 Å². The van der Waals surface area contributed by atoms with Crippen molar-refractivity contribution in [2.24, 2.45) is 0 Å². The van der Waals surface area contributed by atoms with Gasteiger partial charge in [-0.1, -0.05) is 0 Å². The highest BCUT2D eigenvalue weighted by Gasteiger charge is 2.34. The molecular weight excluding hydrogens is 354 g/mol. The van der Waals surface area contributed by atoms with Gasteiger partial charge in [-0.05, 0) is 53.6 Å². The lowest BCUT2D eigenvalue weighted by atomic mass is 9.89. The number of carbonyl (C=O) groups excluding carboxylic acids is 1. The van der Waals surface area contributed by atoms with E-state index in [1.54, 1.807) is 18.1 Å². The van der Waals surface area contributed by atoms with Crippen LogP contribution in [0.3, 0.4) is 0 Å². The molecule has 138 valence electrons. The lowest BCUT2D eigenvalue weighted by molar-refractivity contribution is -0.138. The summed E-state index contributed by atoms with van der Waals surface area (Å²) in [5.74, 6) is 0.0694. The number of fused-ring (bicyclic) bond motifs is 1. The monoisotopic (exact) mass is 375 g/mol. The minimum atomic E-state index is -0.946. The van der Waals surface area contributed by atoms with Crippen LogP contribution in [0.5, 0.6) is 11.5 Å². The molecule has 1 aromatic carbocycles. The number of amides is 1. The fraction of sp³-hybridized carbons (Fsp3) is 0.368. The Morgan fingerprint density at radius 3 is 2.54 bits per heavy atom. The summed E-state index contributed by atoms with van der Waals surface area (Å²) in [5.41, 5.74) is 2.70. The largest absolute Gasteiger partial charge is 0.493 e. The zero-order chi connectivity index (χ0) is 18.8. The van der Waals surface area contributed by atoms with Crippen LogP contribution in [0.2, 0.25) is 0 Å². The number of methoxy groups -OCH3 is 2. The quantitative estimate of drug-likeness (QED) is 0.868. The molecule has 0 bridgehead atoms. The van der Waals surface area contributed by atoms with Crippen LogP contribution in [0, 0.1) is 6.92 Å². The van der Waals surface area contributed by atoms with Crippen LogP contribution >= 0.6 is 11.3 Å². The second kappa shape index (κ2) is 7.37. The fourth-order valence-electron chi connectivity index (χ4n) is 3.38. The summed E-state index contributed by atoms with van der Waals surface area (Å²) >= 11 is 1.38. The van der Waals surface area contributed by atoms with E-state index < -0.39 is 12.0 Å². The van der Waals surface area contributed by atoms with Crippen molar-refractivity contribution in [1.82, 2.24) is 4.90 Å². The second-order valence-electron chi connectivity index (χ2n) is 6.20. The van der Waals surface area contributed by atoms with Gasteiger partial charge >= 0.3 is 5.97 Å². The van der Waals surface area contributed by atoms with E-state index in [4.69, 9.17) is 9.47 Å². The van der Waals surface area contributed by atoms with E-state index in [0.717, 1.165) is 16.7 Å². The molecule has 0 fully saturated rings. The first-order valence-corrected chi connectivity index (χ1v) is 9.15. The van der Waals surface area contributed by atoms with Crippen molar-refractivity contribution < 1.29 is 24.2 Å². The maximum Gasteiger partial charge on any atom is 0.305 e. The molecule has 26 heavy (non-hydrogen) atoms.